The summed E-state index contributed by atoms with van der Waals surface area (Å²) in [5.74, 6) is -0.266. The minimum absolute atomic E-state index is 0.266. The van der Waals surface area contributed by atoms with Crippen molar-refractivity contribution in [1.29, 1.82) is 0 Å². The highest BCUT2D eigenvalue weighted by Gasteiger charge is 2.44. The molecule has 1 fully saturated rings. The Kier molecular flexibility index (Phi) is 22.8. The quantitative estimate of drug-likeness (QED) is 0.0730. The number of carbonyl (C=O) groups is 1. The number of aliphatic hydroxyl groups is 6. The number of carbonyl (C=O) groups excluding carboxylic acids is 1. The fourth-order valence-electron chi connectivity index (χ4n) is 5.43. The Morgan fingerprint density at radius 2 is 1.24 bits per heavy atom. The van der Waals surface area contributed by atoms with Crippen LogP contribution < -0.4 is 5.32 Å². The van der Waals surface area contributed by atoms with Gasteiger partial charge in [-0.2, -0.15) is 0 Å². The van der Waals surface area contributed by atoms with E-state index < -0.39 is 55.6 Å². The van der Waals surface area contributed by atoms with Crippen LogP contribution in [0.1, 0.15) is 136 Å². The van der Waals surface area contributed by atoms with Crippen molar-refractivity contribution in [2.45, 2.75) is 185 Å². The van der Waals surface area contributed by atoms with E-state index in [4.69, 9.17) is 9.47 Å². The zero-order chi connectivity index (χ0) is 31.2. The molecule has 1 amide bonds. The summed E-state index contributed by atoms with van der Waals surface area (Å²) in [6.45, 7) is 3.49. The van der Waals surface area contributed by atoms with Crippen molar-refractivity contribution < 1.29 is 44.9 Å². The van der Waals surface area contributed by atoms with Crippen molar-refractivity contribution in [3.05, 3.63) is 0 Å². The predicted molar refractivity (Wildman–Crippen MR) is 163 cm³/mol. The Hall–Kier alpha value is -0.850. The number of unbranched alkanes of at least 4 members (excludes halogenated alkanes) is 15. The zero-order valence-electron chi connectivity index (χ0n) is 26.4. The SMILES string of the molecule is CCCCCCCCCCC[C@@H](O)[C@@H](O)[C@H](CO[C@@H]1O[C@H](CO)[C@@H](O)C(O)C1O)NC(=O)CCCCCCCCCC. The van der Waals surface area contributed by atoms with Crippen LogP contribution in [-0.2, 0) is 14.3 Å². The summed E-state index contributed by atoms with van der Waals surface area (Å²) in [4.78, 5) is 12.7. The largest absolute Gasteiger partial charge is 0.394 e. The monoisotopic (exact) mass is 605 g/mol. The maximum atomic E-state index is 12.7. The first kappa shape index (κ1) is 39.2. The molecule has 0 aromatic rings. The van der Waals surface area contributed by atoms with Crippen LogP contribution >= 0.6 is 0 Å². The molecule has 0 aromatic heterocycles. The van der Waals surface area contributed by atoms with Crippen molar-refractivity contribution in [2.75, 3.05) is 13.2 Å². The summed E-state index contributed by atoms with van der Waals surface area (Å²) in [5, 5.41) is 64.3. The predicted octanol–water partition coefficient (Wildman–Crippen LogP) is 3.46. The Bertz CT molecular complexity index is 653. The molecule has 1 aliphatic rings. The van der Waals surface area contributed by atoms with E-state index in [0.29, 0.717) is 6.42 Å². The fraction of sp³-hybridized carbons (Fsp3) is 0.969. The summed E-state index contributed by atoms with van der Waals surface area (Å²) in [6, 6.07) is -0.979. The molecular formula is C32H63NO9. The Morgan fingerprint density at radius 3 is 1.76 bits per heavy atom. The summed E-state index contributed by atoms with van der Waals surface area (Å²) in [5.41, 5.74) is 0. The molecule has 2 unspecified atom stereocenters. The number of rotatable bonds is 26. The van der Waals surface area contributed by atoms with E-state index in [2.05, 4.69) is 19.2 Å². The maximum Gasteiger partial charge on any atom is 0.220 e. The minimum atomic E-state index is -1.60. The van der Waals surface area contributed by atoms with Crippen LogP contribution in [0.25, 0.3) is 0 Å². The molecule has 0 saturated carbocycles. The van der Waals surface area contributed by atoms with Gasteiger partial charge in [0, 0.05) is 6.42 Å². The average Bonchev–Trinajstić information content (AvgIpc) is 2.98. The molecule has 1 rings (SSSR count). The van der Waals surface area contributed by atoms with E-state index in [9.17, 15) is 35.4 Å². The highest BCUT2D eigenvalue weighted by Crippen LogP contribution is 2.23. The molecule has 10 nitrogen and oxygen atoms in total. The number of amides is 1. The standard InChI is InChI=1S/C32H63NO9/c1-3-5-7-9-11-13-14-16-18-20-25(35)28(37)24(33-27(36)21-19-17-15-12-10-8-6-4-2)23-41-32-31(40)30(39)29(38)26(22-34)42-32/h24-26,28-32,34-35,37-40H,3-23H2,1-2H3,(H,33,36)/t24-,25+,26+,28-,29+,30?,31?,32+/m0/s1. The van der Waals surface area contributed by atoms with Gasteiger partial charge in [0.05, 0.1) is 25.4 Å². The topological polar surface area (TPSA) is 169 Å². The third kappa shape index (κ3) is 16.3. The molecule has 0 spiro atoms. The lowest BCUT2D eigenvalue weighted by molar-refractivity contribution is -0.303. The maximum absolute atomic E-state index is 12.7. The Morgan fingerprint density at radius 1 is 0.738 bits per heavy atom. The second-order valence-electron chi connectivity index (χ2n) is 12.1. The first-order valence-corrected chi connectivity index (χ1v) is 16.8. The van der Waals surface area contributed by atoms with Crippen LogP contribution in [0.5, 0.6) is 0 Å². The normalized spacial score (nSPS) is 24.8. The first-order valence-electron chi connectivity index (χ1n) is 16.8. The smallest absolute Gasteiger partial charge is 0.220 e. The Labute approximate surface area is 254 Å². The van der Waals surface area contributed by atoms with E-state index in [1.807, 2.05) is 0 Å². The molecular weight excluding hydrogens is 542 g/mol. The molecule has 250 valence electrons. The third-order valence-corrected chi connectivity index (χ3v) is 8.30. The van der Waals surface area contributed by atoms with Crippen molar-refractivity contribution in [3.63, 3.8) is 0 Å². The van der Waals surface area contributed by atoms with Crippen molar-refractivity contribution >= 4 is 5.91 Å². The van der Waals surface area contributed by atoms with Gasteiger partial charge in [0.2, 0.25) is 5.91 Å². The van der Waals surface area contributed by atoms with E-state index in [0.717, 1.165) is 51.4 Å². The molecule has 7 N–H and O–H groups in total. The highest BCUT2D eigenvalue weighted by atomic mass is 16.7. The molecule has 8 atom stereocenters. The van der Waals surface area contributed by atoms with Crippen LogP contribution in [0.3, 0.4) is 0 Å². The number of ether oxygens (including phenoxy) is 2. The molecule has 0 bridgehead atoms. The second-order valence-corrected chi connectivity index (χ2v) is 12.1. The molecule has 0 radical (unpaired) electrons. The Balaban J connectivity index is 2.59. The van der Waals surface area contributed by atoms with E-state index >= 15 is 0 Å². The average molecular weight is 606 g/mol. The van der Waals surface area contributed by atoms with Crippen LogP contribution in [0.15, 0.2) is 0 Å². The van der Waals surface area contributed by atoms with Gasteiger partial charge in [0.1, 0.15) is 30.5 Å². The van der Waals surface area contributed by atoms with E-state index in [1.165, 1.54) is 57.8 Å². The summed E-state index contributed by atoms with van der Waals surface area (Å²) in [7, 11) is 0. The fourth-order valence-corrected chi connectivity index (χ4v) is 5.43. The van der Waals surface area contributed by atoms with Crippen LogP contribution in [-0.4, -0.2) is 98.7 Å². The number of hydrogen-bond acceptors (Lipinski definition) is 9. The molecule has 1 aliphatic heterocycles. The van der Waals surface area contributed by atoms with Crippen LogP contribution in [0.2, 0.25) is 0 Å². The molecule has 0 aromatic carbocycles. The minimum Gasteiger partial charge on any atom is -0.394 e. The highest BCUT2D eigenvalue weighted by molar-refractivity contribution is 5.76. The summed E-state index contributed by atoms with van der Waals surface area (Å²) in [6.07, 6.45) is 10.0. The van der Waals surface area contributed by atoms with Gasteiger partial charge in [-0.05, 0) is 12.8 Å². The van der Waals surface area contributed by atoms with Gasteiger partial charge >= 0.3 is 0 Å². The summed E-state index contributed by atoms with van der Waals surface area (Å²) < 4.78 is 11.0. The van der Waals surface area contributed by atoms with E-state index in [1.54, 1.807) is 0 Å². The van der Waals surface area contributed by atoms with Gasteiger partial charge in [-0.15, -0.1) is 0 Å². The number of aliphatic hydroxyl groups excluding tert-OH is 6. The van der Waals surface area contributed by atoms with E-state index in [-0.39, 0.29) is 18.9 Å². The zero-order valence-corrected chi connectivity index (χ0v) is 26.4. The van der Waals surface area contributed by atoms with Crippen LogP contribution in [0.4, 0.5) is 0 Å². The number of hydrogen-bond donors (Lipinski definition) is 7. The molecule has 1 heterocycles. The van der Waals surface area contributed by atoms with Gasteiger partial charge in [-0.1, -0.05) is 117 Å². The van der Waals surface area contributed by atoms with Gasteiger partial charge in [0.25, 0.3) is 0 Å². The van der Waals surface area contributed by atoms with Gasteiger partial charge in [0.15, 0.2) is 6.29 Å². The lowest BCUT2D eigenvalue weighted by Crippen LogP contribution is -2.60. The van der Waals surface area contributed by atoms with Crippen molar-refractivity contribution in [3.8, 4) is 0 Å². The molecule has 1 saturated heterocycles. The molecule has 10 heteroatoms. The van der Waals surface area contributed by atoms with Crippen molar-refractivity contribution in [1.82, 2.24) is 5.32 Å². The van der Waals surface area contributed by atoms with Crippen LogP contribution in [0, 0.1) is 0 Å². The van der Waals surface area contributed by atoms with Gasteiger partial charge in [-0.3, -0.25) is 4.79 Å². The van der Waals surface area contributed by atoms with Gasteiger partial charge < -0.3 is 45.4 Å². The van der Waals surface area contributed by atoms with Crippen molar-refractivity contribution in [2.24, 2.45) is 0 Å². The lowest BCUT2D eigenvalue weighted by atomic mass is 9.98. The first-order chi connectivity index (χ1) is 20.3. The number of nitrogens with one attached hydrogen (secondary N) is 1. The van der Waals surface area contributed by atoms with Gasteiger partial charge in [-0.25, -0.2) is 0 Å². The second kappa shape index (κ2) is 24.5. The lowest BCUT2D eigenvalue weighted by Gasteiger charge is -2.40. The third-order valence-electron chi connectivity index (χ3n) is 8.30. The summed E-state index contributed by atoms with van der Waals surface area (Å²) >= 11 is 0. The molecule has 0 aliphatic carbocycles. The molecule has 42 heavy (non-hydrogen) atoms.